The molecule has 0 aliphatic carbocycles. The van der Waals surface area contributed by atoms with Crippen molar-refractivity contribution >= 4 is 0 Å². The van der Waals surface area contributed by atoms with E-state index in [2.05, 4.69) is 27.3 Å². The molecule has 1 saturated heterocycles. The van der Waals surface area contributed by atoms with Crippen LogP contribution in [-0.4, -0.2) is 36.1 Å². The molecular weight excluding hydrogens is 250 g/mol. The lowest BCUT2D eigenvalue weighted by atomic mass is 10.1. The molecule has 1 N–H and O–H groups in total. The average Bonchev–Trinajstić information content (AvgIpc) is 2.51. The summed E-state index contributed by atoms with van der Waals surface area (Å²) in [7, 11) is 0. The summed E-state index contributed by atoms with van der Waals surface area (Å²) < 4.78 is 5.95. The minimum absolute atomic E-state index is 0.778. The first-order valence-corrected chi connectivity index (χ1v) is 7.01. The Hall–Kier alpha value is -1.91. The fourth-order valence-corrected chi connectivity index (χ4v) is 2.38. The molecule has 0 radical (unpaired) electrons. The summed E-state index contributed by atoms with van der Waals surface area (Å²) >= 11 is 0. The molecule has 104 valence electrons. The zero-order valence-electron chi connectivity index (χ0n) is 11.5. The monoisotopic (exact) mass is 269 g/mol. The second-order valence-corrected chi connectivity index (χ2v) is 4.92. The topological polar surface area (TPSA) is 37.4 Å². The summed E-state index contributed by atoms with van der Waals surface area (Å²) in [5.41, 5.74) is 1.22. The average molecular weight is 269 g/mol. The van der Waals surface area contributed by atoms with Gasteiger partial charge in [0.2, 0.25) is 0 Å². The molecule has 4 heteroatoms. The molecular formula is C16H19N3O. The van der Waals surface area contributed by atoms with Gasteiger partial charge in [0.05, 0.1) is 6.20 Å². The smallest absolute Gasteiger partial charge is 0.145 e. The van der Waals surface area contributed by atoms with Crippen molar-refractivity contribution in [2.75, 3.05) is 26.2 Å². The predicted octanol–water partition coefficient (Wildman–Crippen LogP) is 2.28. The van der Waals surface area contributed by atoms with Crippen LogP contribution in [0.4, 0.5) is 0 Å². The van der Waals surface area contributed by atoms with Crippen molar-refractivity contribution in [2.24, 2.45) is 0 Å². The SMILES string of the molecule is c1cncc(Oc2ccccc2CN2CCNCC2)c1. The van der Waals surface area contributed by atoms with Crippen LogP contribution in [0.5, 0.6) is 11.5 Å². The maximum atomic E-state index is 5.95. The van der Waals surface area contributed by atoms with E-state index >= 15 is 0 Å². The first kappa shape index (κ1) is 13.1. The Morgan fingerprint density at radius 2 is 1.95 bits per heavy atom. The minimum atomic E-state index is 0.778. The van der Waals surface area contributed by atoms with Gasteiger partial charge in [-0.05, 0) is 18.2 Å². The number of benzene rings is 1. The summed E-state index contributed by atoms with van der Waals surface area (Å²) in [5.74, 6) is 1.69. The van der Waals surface area contributed by atoms with E-state index in [0.29, 0.717) is 0 Å². The summed E-state index contributed by atoms with van der Waals surface area (Å²) in [4.78, 5) is 6.53. The summed E-state index contributed by atoms with van der Waals surface area (Å²) in [6.45, 7) is 5.22. The molecule has 0 atom stereocenters. The Morgan fingerprint density at radius 3 is 2.75 bits per heavy atom. The van der Waals surface area contributed by atoms with E-state index < -0.39 is 0 Å². The zero-order valence-corrected chi connectivity index (χ0v) is 11.5. The van der Waals surface area contributed by atoms with Gasteiger partial charge in [-0.25, -0.2) is 0 Å². The molecule has 0 unspecified atom stereocenters. The second-order valence-electron chi connectivity index (χ2n) is 4.92. The van der Waals surface area contributed by atoms with Crippen LogP contribution in [0.1, 0.15) is 5.56 Å². The Labute approximate surface area is 119 Å². The molecule has 0 bridgehead atoms. The number of hydrogen-bond acceptors (Lipinski definition) is 4. The van der Waals surface area contributed by atoms with Crippen molar-refractivity contribution in [3.05, 3.63) is 54.4 Å². The molecule has 3 rings (SSSR count). The molecule has 0 amide bonds. The van der Waals surface area contributed by atoms with E-state index in [1.807, 2.05) is 24.3 Å². The third kappa shape index (κ3) is 3.35. The third-order valence-corrected chi connectivity index (χ3v) is 3.44. The number of piperazine rings is 1. The maximum absolute atomic E-state index is 5.95. The van der Waals surface area contributed by atoms with Crippen LogP contribution in [-0.2, 0) is 6.54 Å². The lowest BCUT2D eigenvalue weighted by Crippen LogP contribution is -2.42. The van der Waals surface area contributed by atoms with Crippen LogP contribution in [0.3, 0.4) is 0 Å². The molecule has 1 aromatic heterocycles. The highest BCUT2D eigenvalue weighted by Gasteiger charge is 2.12. The van der Waals surface area contributed by atoms with Gasteiger partial charge in [-0.2, -0.15) is 0 Å². The molecule has 2 aromatic rings. The third-order valence-electron chi connectivity index (χ3n) is 3.44. The fraction of sp³-hybridized carbons (Fsp3) is 0.312. The predicted molar refractivity (Wildman–Crippen MR) is 78.9 cm³/mol. The molecule has 4 nitrogen and oxygen atoms in total. The van der Waals surface area contributed by atoms with Crippen LogP contribution in [0.25, 0.3) is 0 Å². The lowest BCUT2D eigenvalue weighted by Gasteiger charge is -2.27. The van der Waals surface area contributed by atoms with Crippen LogP contribution < -0.4 is 10.1 Å². The first-order chi connectivity index (χ1) is 9.92. The van der Waals surface area contributed by atoms with Crippen molar-refractivity contribution in [1.29, 1.82) is 0 Å². The first-order valence-electron chi connectivity index (χ1n) is 7.01. The number of nitrogens with one attached hydrogen (secondary N) is 1. The van der Waals surface area contributed by atoms with Gasteiger partial charge >= 0.3 is 0 Å². The zero-order chi connectivity index (χ0) is 13.6. The number of nitrogens with zero attached hydrogens (tertiary/aromatic N) is 2. The minimum Gasteiger partial charge on any atom is -0.455 e. The molecule has 0 saturated carbocycles. The van der Waals surface area contributed by atoms with Gasteiger partial charge in [-0.1, -0.05) is 18.2 Å². The van der Waals surface area contributed by atoms with Gasteiger partial charge in [-0.15, -0.1) is 0 Å². The molecule has 20 heavy (non-hydrogen) atoms. The Bertz CT molecular complexity index is 538. The Morgan fingerprint density at radius 1 is 1.10 bits per heavy atom. The summed E-state index contributed by atoms with van der Waals surface area (Å²) in [6.07, 6.45) is 3.49. The normalized spacial score (nSPS) is 16.0. The number of ether oxygens (including phenoxy) is 1. The van der Waals surface area contributed by atoms with Crippen molar-refractivity contribution in [3.8, 4) is 11.5 Å². The number of pyridine rings is 1. The number of rotatable bonds is 4. The molecule has 1 aliphatic rings. The van der Waals surface area contributed by atoms with Gasteiger partial charge in [0.1, 0.15) is 11.5 Å². The molecule has 1 fully saturated rings. The van der Waals surface area contributed by atoms with E-state index in [4.69, 9.17) is 4.74 Å². The molecule has 1 aromatic carbocycles. The molecule has 1 aliphatic heterocycles. The highest BCUT2D eigenvalue weighted by atomic mass is 16.5. The highest BCUT2D eigenvalue weighted by Crippen LogP contribution is 2.25. The van der Waals surface area contributed by atoms with E-state index in [-0.39, 0.29) is 0 Å². The molecule has 0 spiro atoms. The Kier molecular flexibility index (Phi) is 4.25. The lowest BCUT2D eigenvalue weighted by molar-refractivity contribution is 0.231. The largest absolute Gasteiger partial charge is 0.455 e. The van der Waals surface area contributed by atoms with Gasteiger partial charge in [0.25, 0.3) is 0 Å². The number of para-hydroxylation sites is 1. The van der Waals surface area contributed by atoms with Crippen LogP contribution in [0.15, 0.2) is 48.8 Å². The van der Waals surface area contributed by atoms with Gasteiger partial charge in [0, 0.05) is 44.5 Å². The van der Waals surface area contributed by atoms with Crippen molar-refractivity contribution in [1.82, 2.24) is 15.2 Å². The van der Waals surface area contributed by atoms with E-state index in [1.165, 1.54) is 5.56 Å². The Balaban J connectivity index is 1.74. The van der Waals surface area contributed by atoms with Gasteiger partial charge < -0.3 is 10.1 Å². The van der Waals surface area contributed by atoms with Crippen LogP contribution in [0, 0.1) is 0 Å². The number of aromatic nitrogens is 1. The van der Waals surface area contributed by atoms with Crippen molar-refractivity contribution in [3.63, 3.8) is 0 Å². The maximum Gasteiger partial charge on any atom is 0.145 e. The fourth-order valence-electron chi connectivity index (χ4n) is 2.38. The molecule has 2 heterocycles. The number of hydrogen-bond donors (Lipinski definition) is 1. The summed E-state index contributed by atoms with van der Waals surface area (Å²) in [5, 5.41) is 3.37. The quantitative estimate of drug-likeness (QED) is 0.924. The van der Waals surface area contributed by atoms with Crippen LogP contribution in [0.2, 0.25) is 0 Å². The highest BCUT2D eigenvalue weighted by molar-refractivity contribution is 5.37. The van der Waals surface area contributed by atoms with Gasteiger partial charge in [-0.3, -0.25) is 9.88 Å². The summed E-state index contributed by atoms with van der Waals surface area (Å²) in [6, 6.07) is 12.0. The second kappa shape index (κ2) is 6.50. The standard InChI is InChI=1S/C16H19N3O/c1-2-6-16(20-15-5-3-7-18-12-15)14(4-1)13-19-10-8-17-9-11-19/h1-7,12,17H,8-11,13H2. The van der Waals surface area contributed by atoms with E-state index in [1.54, 1.807) is 12.4 Å². The van der Waals surface area contributed by atoms with Crippen LogP contribution >= 0.6 is 0 Å². The van der Waals surface area contributed by atoms with Crippen molar-refractivity contribution in [2.45, 2.75) is 6.54 Å². The van der Waals surface area contributed by atoms with E-state index in [0.717, 1.165) is 44.2 Å². The van der Waals surface area contributed by atoms with Crippen molar-refractivity contribution < 1.29 is 4.74 Å². The van der Waals surface area contributed by atoms with E-state index in [9.17, 15) is 0 Å². The van der Waals surface area contributed by atoms with Gasteiger partial charge in [0.15, 0.2) is 0 Å².